The van der Waals surface area contributed by atoms with Gasteiger partial charge in [-0.25, -0.2) is 9.18 Å². The third kappa shape index (κ3) is 4.38. The summed E-state index contributed by atoms with van der Waals surface area (Å²) in [6, 6.07) is 14.4. The van der Waals surface area contributed by atoms with Gasteiger partial charge in [-0.2, -0.15) is 0 Å². The molecule has 4 atom stereocenters. The van der Waals surface area contributed by atoms with Crippen LogP contribution in [0, 0.1) is 34.9 Å². The van der Waals surface area contributed by atoms with Gasteiger partial charge in [-0.3, -0.25) is 9.59 Å². The first-order valence-corrected chi connectivity index (χ1v) is 15.1. The third-order valence-corrected chi connectivity index (χ3v) is 10.5. The second-order valence-corrected chi connectivity index (χ2v) is 12.9. The minimum Gasteiger partial charge on any atom is -0.462 e. The molecule has 0 N–H and O–H groups in total. The Balaban J connectivity index is 1.36. The van der Waals surface area contributed by atoms with Crippen LogP contribution in [0.15, 0.2) is 78.5 Å². The van der Waals surface area contributed by atoms with Crippen molar-refractivity contribution in [1.29, 1.82) is 0 Å². The Kier molecular flexibility index (Phi) is 6.48. The Morgan fingerprint density at radius 1 is 0.927 bits per heavy atom. The van der Waals surface area contributed by atoms with E-state index in [1.54, 1.807) is 19.2 Å². The van der Waals surface area contributed by atoms with Crippen LogP contribution in [0.1, 0.15) is 67.3 Å². The molecule has 6 aliphatic rings. The Hall–Kier alpha value is -3.54. The van der Waals surface area contributed by atoms with E-state index in [2.05, 4.69) is 0 Å². The topological polar surface area (TPSA) is 63.7 Å². The van der Waals surface area contributed by atoms with Crippen molar-refractivity contribution in [1.82, 2.24) is 4.90 Å². The first-order valence-electron chi connectivity index (χ1n) is 15.1. The minimum atomic E-state index is -0.731. The molecule has 2 aliphatic heterocycles. The standard InChI is InChI=1S/C35H36FNO4/c1-2-41-34(40)26-10-13-28-30(33(39)35-17-21-14-22(18-35)16-23(15-21)19-35)29(24-6-4-3-5-7-24)31(37(28)20-26)32(38)25-8-11-27(36)12-9-25/h3-13,20-23,28-31H,2,14-19H2,1H3/t21?,22?,23?,28-,29-,30+,31+,35?/m1/s1. The summed E-state index contributed by atoms with van der Waals surface area (Å²) in [5.74, 6) is 0.228. The molecular weight excluding hydrogens is 517 g/mol. The Labute approximate surface area is 240 Å². The predicted molar refractivity (Wildman–Crippen MR) is 152 cm³/mol. The van der Waals surface area contributed by atoms with Gasteiger partial charge >= 0.3 is 5.97 Å². The summed E-state index contributed by atoms with van der Waals surface area (Å²) in [5, 5.41) is 0. The number of hydrogen-bond acceptors (Lipinski definition) is 5. The second-order valence-electron chi connectivity index (χ2n) is 12.9. The maximum Gasteiger partial charge on any atom is 0.339 e. The van der Waals surface area contributed by atoms with Crippen LogP contribution >= 0.6 is 0 Å². The fourth-order valence-electron chi connectivity index (χ4n) is 9.32. The lowest BCUT2D eigenvalue weighted by molar-refractivity contribution is -0.148. The van der Waals surface area contributed by atoms with Crippen molar-refractivity contribution in [3.8, 4) is 0 Å². The molecule has 41 heavy (non-hydrogen) atoms. The van der Waals surface area contributed by atoms with E-state index in [9.17, 15) is 14.0 Å². The molecule has 0 spiro atoms. The normalized spacial score (nSPS) is 34.7. The first kappa shape index (κ1) is 26.4. The number of esters is 1. The summed E-state index contributed by atoms with van der Waals surface area (Å²) in [6.45, 7) is 2.00. The van der Waals surface area contributed by atoms with E-state index in [0.29, 0.717) is 28.9 Å². The largest absolute Gasteiger partial charge is 0.462 e. The zero-order valence-corrected chi connectivity index (χ0v) is 23.4. The molecule has 5 nitrogen and oxygen atoms in total. The van der Waals surface area contributed by atoms with E-state index in [4.69, 9.17) is 4.74 Å². The molecule has 4 bridgehead atoms. The summed E-state index contributed by atoms with van der Waals surface area (Å²) < 4.78 is 19.1. The smallest absolute Gasteiger partial charge is 0.339 e. The molecule has 4 saturated carbocycles. The molecule has 2 heterocycles. The number of hydrogen-bond donors (Lipinski definition) is 0. The zero-order chi connectivity index (χ0) is 28.3. The summed E-state index contributed by atoms with van der Waals surface area (Å²) in [5.41, 5.74) is 1.34. The van der Waals surface area contributed by atoms with E-state index >= 15 is 4.79 Å². The molecule has 4 aliphatic carbocycles. The molecule has 212 valence electrons. The fraction of sp³-hybridized carbons (Fsp3) is 0.457. The molecule has 6 heteroatoms. The molecule has 2 aromatic carbocycles. The van der Waals surface area contributed by atoms with E-state index in [1.165, 1.54) is 43.5 Å². The average Bonchev–Trinajstić information content (AvgIpc) is 3.31. The van der Waals surface area contributed by atoms with Crippen molar-refractivity contribution in [2.75, 3.05) is 6.61 Å². The number of ketones is 2. The minimum absolute atomic E-state index is 0.181. The van der Waals surface area contributed by atoms with Crippen molar-refractivity contribution >= 4 is 17.5 Å². The second kappa shape index (κ2) is 10.1. The van der Waals surface area contributed by atoms with Crippen molar-refractivity contribution in [2.24, 2.45) is 29.1 Å². The van der Waals surface area contributed by atoms with Gasteiger partial charge in [-0.15, -0.1) is 0 Å². The lowest BCUT2D eigenvalue weighted by Gasteiger charge is -2.57. The van der Waals surface area contributed by atoms with Crippen LogP contribution in [0.25, 0.3) is 0 Å². The Morgan fingerprint density at radius 3 is 2.17 bits per heavy atom. The number of halogens is 1. The molecule has 8 rings (SSSR count). The lowest BCUT2D eigenvalue weighted by Crippen LogP contribution is -2.53. The lowest BCUT2D eigenvalue weighted by atomic mass is 9.47. The molecular formula is C35H36FNO4. The molecule has 0 amide bonds. The SMILES string of the molecule is CCOC(=O)C1=CN2[C@H](C=C1)[C@H](C(=O)C13CC4CC(CC(C4)C1)C3)[C@@H](c1ccccc1)[C@H]2C(=O)c1ccc(F)cc1. The van der Waals surface area contributed by atoms with Gasteiger partial charge in [0.2, 0.25) is 0 Å². The monoisotopic (exact) mass is 553 g/mol. The molecule has 5 fully saturated rings. The van der Waals surface area contributed by atoms with E-state index < -0.39 is 29.7 Å². The van der Waals surface area contributed by atoms with Gasteiger partial charge in [-0.05, 0) is 99.1 Å². The number of fused-ring (bicyclic) bond motifs is 1. The van der Waals surface area contributed by atoms with Crippen molar-refractivity contribution in [3.63, 3.8) is 0 Å². The first-order chi connectivity index (χ1) is 19.9. The van der Waals surface area contributed by atoms with Crippen LogP contribution in [0.2, 0.25) is 0 Å². The molecule has 0 radical (unpaired) electrons. The van der Waals surface area contributed by atoms with Gasteiger partial charge in [0.05, 0.1) is 24.1 Å². The number of benzene rings is 2. The van der Waals surface area contributed by atoms with Gasteiger partial charge < -0.3 is 9.64 Å². The van der Waals surface area contributed by atoms with E-state index in [-0.39, 0.29) is 29.6 Å². The number of rotatable bonds is 7. The van der Waals surface area contributed by atoms with Gasteiger partial charge in [-0.1, -0.05) is 36.4 Å². The highest BCUT2D eigenvalue weighted by Crippen LogP contribution is 2.62. The van der Waals surface area contributed by atoms with E-state index in [1.807, 2.05) is 41.3 Å². The third-order valence-electron chi connectivity index (χ3n) is 10.5. The van der Waals surface area contributed by atoms with Crippen molar-refractivity contribution in [2.45, 2.75) is 63.5 Å². The number of Topliss-reactive ketones (excluding diaryl/α,β-unsaturated/α-hetero) is 2. The molecule has 0 aromatic heterocycles. The number of carbonyl (C=O) groups is 3. The van der Waals surface area contributed by atoms with Crippen molar-refractivity contribution < 1.29 is 23.5 Å². The summed E-state index contributed by atoms with van der Waals surface area (Å²) in [7, 11) is 0. The van der Waals surface area contributed by atoms with Crippen LogP contribution < -0.4 is 0 Å². The van der Waals surface area contributed by atoms with Gasteiger partial charge in [0.1, 0.15) is 17.6 Å². The van der Waals surface area contributed by atoms with Crippen LogP contribution in [0.4, 0.5) is 4.39 Å². The highest BCUT2D eigenvalue weighted by molar-refractivity contribution is 6.03. The summed E-state index contributed by atoms with van der Waals surface area (Å²) >= 11 is 0. The zero-order valence-electron chi connectivity index (χ0n) is 23.4. The Morgan fingerprint density at radius 2 is 1.56 bits per heavy atom. The van der Waals surface area contributed by atoms with Gasteiger partial charge in [0, 0.05) is 23.1 Å². The van der Waals surface area contributed by atoms with Crippen LogP contribution in [0.5, 0.6) is 0 Å². The maximum absolute atomic E-state index is 15.1. The highest BCUT2D eigenvalue weighted by atomic mass is 19.1. The van der Waals surface area contributed by atoms with Gasteiger partial charge in [0.25, 0.3) is 0 Å². The van der Waals surface area contributed by atoms with Crippen LogP contribution in [0.3, 0.4) is 0 Å². The number of nitrogens with zero attached hydrogens (tertiary/aromatic N) is 1. The van der Waals surface area contributed by atoms with Crippen LogP contribution in [-0.2, 0) is 14.3 Å². The average molecular weight is 554 g/mol. The Bertz CT molecular complexity index is 1390. The maximum atomic E-state index is 15.1. The number of carbonyl (C=O) groups excluding carboxylic acids is 3. The number of ether oxygens (including phenoxy) is 1. The quantitative estimate of drug-likeness (QED) is 0.299. The van der Waals surface area contributed by atoms with E-state index in [0.717, 1.165) is 24.8 Å². The van der Waals surface area contributed by atoms with Gasteiger partial charge in [0.15, 0.2) is 5.78 Å². The molecule has 1 saturated heterocycles. The fourth-order valence-corrected chi connectivity index (χ4v) is 9.32. The molecule has 0 unspecified atom stereocenters. The molecule has 2 aromatic rings. The van der Waals surface area contributed by atoms with Crippen molar-refractivity contribution in [3.05, 3.63) is 95.5 Å². The predicted octanol–water partition coefficient (Wildman–Crippen LogP) is 6.26. The highest BCUT2D eigenvalue weighted by Gasteiger charge is 2.61. The summed E-state index contributed by atoms with van der Waals surface area (Å²) in [6.07, 6.45) is 12.0. The van der Waals surface area contributed by atoms with Crippen LogP contribution in [-0.4, -0.2) is 41.1 Å². The summed E-state index contributed by atoms with van der Waals surface area (Å²) in [4.78, 5) is 44.2.